The van der Waals surface area contributed by atoms with Gasteiger partial charge in [-0.1, -0.05) is 15.9 Å². The van der Waals surface area contributed by atoms with E-state index in [0.717, 1.165) is 6.07 Å². The lowest BCUT2D eigenvalue weighted by molar-refractivity contribution is -0.138. The Labute approximate surface area is 129 Å². The fraction of sp³-hybridized carbons (Fsp3) is 0.500. The van der Waals surface area contributed by atoms with E-state index in [1.807, 2.05) is 0 Å². The summed E-state index contributed by atoms with van der Waals surface area (Å²) in [6, 6.07) is 2.57. The Hall–Kier alpha value is -0.640. The molecule has 4 nitrogen and oxygen atoms in total. The predicted molar refractivity (Wildman–Crippen MR) is 75.1 cm³/mol. The van der Waals surface area contributed by atoms with Gasteiger partial charge in [0.25, 0.3) is 0 Å². The van der Waals surface area contributed by atoms with Crippen LogP contribution in [0.1, 0.15) is 18.4 Å². The number of halogens is 4. The van der Waals surface area contributed by atoms with Crippen molar-refractivity contribution in [2.24, 2.45) is 5.73 Å². The maximum Gasteiger partial charge on any atom is 0.417 e. The molecule has 1 aromatic rings. The van der Waals surface area contributed by atoms with Gasteiger partial charge >= 0.3 is 6.18 Å². The normalized spacial score (nSPS) is 20.9. The van der Waals surface area contributed by atoms with Gasteiger partial charge in [-0.2, -0.15) is 17.5 Å². The molecule has 1 aliphatic rings. The lowest BCUT2D eigenvalue weighted by Gasteiger charge is -2.23. The molecule has 0 aromatic heterocycles. The Balaban J connectivity index is 2.46. The van der Waals surface area contributed by atoms with Gasteiger partial charge in [-0.3, -0.25) is 0 Å². The van der Waals surface area contributed by atoms with E-state index in [1.54, 1.807) is 0 Å². The number of benzene rings is 1. The Bertz CT molecular complexity index is 634. The fourth-order valence-corrected chi connectivity index (χ4v) is 4.58. The van der Waals surface area contributed by atoms with Gasteiger partial charge in [-0.25, -0.2) is 8.42 Å². The largest absolute Gasteiger partial charge is 0.417 e. The molecule has 1 unspecified atom stereocenters. The van der Waals surface area contributed by atoms with Crippen molar-refractivity contribution in [3.05, 3.63) is 28.2 Å². The highest BCUT2D eigenvalue weighted by Gasteiger charge is 2.38. The maximum absolute atomic E-state index is 12.9. The Morgan fingerprint density at radius 2 is 2.05 bits per heavy atom. The zero-order valence-corrected chi connectivity index (χ0v) is 13.3. The predicted octanol–water partition coefficient (Wildman–Crippen LogP) is 2.58. The maximum atomic E-state index is 12.9. The Morgan fingerprint density at radius 1 is 1.38 bits per heavy atom. The van der Waals surface area contributed by atoms with E-state index >= 15 is 0 Å². The molecule has 0 aliphatic carbocycles. The lowest BCUT2D eigenvalue weighted by atomic mass is 10.2. The standard InChI is InChI=1S/C12H14BrF3N2O2S/c13-11-4-3-9(6-10(11)12(14,15)16)21(19,20)18-5-1-2-8(18)7-17/h3-4,6,8H,1-2,5,7,17H2. The molecule has 1 saturated heterocycles. The second-order valence-electron chi connectivity index (χ2n) is 4.79. The number of hydrogen-bond acceptors (Lipinski definition) is 3. The first-order valence-corrected chi connectivity index (χ1v) is 8.50. The number of alkyl halides is 3. The number of rotatable bonds is 3. The zero-order chi connectivity index (χ0) is 15.8. The van der Waals surface area contributed by atoms with Gasteiger partial charge in [0.05, 0.1) is 10.5 Å². The van der Waals surface area contributed by atoms with Crippen molar-refractivity contribution in [3.8, 4) is 0 Å². The van der Waals surface area contributed by atoms with E-state index in [1.165, 1.54) is 10.4 Å². The molecule has 1 aromatic carbocycles. The number of hydrogen-bond donors (Lipinski definition) is 1. The van der Waals surface area contributed by atoms with E-state index in [0.29, 0.717) is 18.9 Å². The highest BCUT2D eigenvalue weighted by atomic mass is 79.9. The molecule has 21 heavy (non-hydrogen) atoms. The van der Waals surface area contributed by atoms with Crippen LogP contribution in [-0.2, 0) is 16.2 Å². The van der Waals surface area contributed by atoms with Crippen molar-refractivity contribution in [2.75, 3.05) is 13.1 Å². The minimum Gasteiger partial charge on any atom is -0.329 e. The van der Waals surface area contributed by atoms with Gasteiger partial charge in [-0.05, 0) is 31.0 Å². The summed E-state index contributed by atoms with van der Waals surface area (Å²) in [5.41, 5.74) is 4.52. The molecular weight excluding hydrogens is 373 g/mol. The molecule has 1 heterocycles. The van der Waals surface area contributed by atoms with E-state index in [9.17, 15) is 21.6 Å². The molecule has 1 atom stereocenters. The van der Waals surface area contributed by atoms with Gasteiger partial charge < -0.3 is 5.73 Å². The molecular formula is C12H14BrF3N2O2S. The SMILES string of the molecule is NCC1CCCN1S(=O)(=O)c1ccc(Br)c(C(F)(F)F)c1. The molecule has 0 bridgehead atoms. The molecule has 0 radical (unpaired) electrons. The minimum atomic E-state index is -4.62. The van der Waals surface area contributed by atoms with Crippen molar-refractivity contribution in [2.45, 2.75) is 30.0 Å². The Morgan fingerprint density at radius 3 is 2.62 bits per heavy atom. The summed E-state index contributed by atoms with van der Waals surface area (Å²) in [5.74, 6) is 0. The summed E-state index contributed by atoms with van der Waals surface area (Å²) in [6.45, 7) is 0.434. The minimum absolute atomic E-state index is 0.155. The van der Waals surface area contributed by atoms with Crippen LogP contribution >= 0.6 is 15.9 Å². The lowest BCUT2D eigenvalue weighted by Crippen LogP contribution is -2.39. The summed E-state index contributed by atoms with van der Waals surface area (Å²) in [6.07, 6.45) is -3.34. The quantitative estimate of drug-likeness (QED) is 0.867. The third kappa shape index (κ3) is 3.25. The van der Waals surface area contributed by atoms with Crippen LogP contribution in [0.5, 0.6) is 0 Å². The van der Waals surface area contributed by atoms with Crippen LogP contribution in [-0.4, -0.2) is 31.9 Å². The van der Waals surface area contributed by atoms with E-state index in [4.69, 9.17) is 5.73 Å². The van der Waals surface area contributed by atoms with Gasteiger partial charge in [0, 0.05) is 23.6 Å². The fourth-order valence-electron chi connectivity index (χ4n) is 2.38. The van der Waals surface area contributed by atoms with E-state index in [-0.39, 0.29) is 28.5 Å². The Kier molecular flexibility index (Phi) is 4.67. The monoisotopic (exact) mass is 386 g/mol. The third-order valence-electron chi connectivity index (χ3n) is 3.45. The van der Waals surface area contributed by atoms with Gasteiger partial charge in [0.1, 0.15) is 0 Å². The van der Waals surface area contributed by atoms with Crippen LogP contribution in [0.2, 0.25) is 0 Å². The highest BCUT2D eigenvalue weighted by molar-refractivity contribution is 9.10. The molecule has 1 fully saturated rings. The molecule has 9 heteroatoms. The summed E-state index contributed by atoms with van der Waals surface area (Å²) in [4.78, 5) is -0.363. The van der Waals surface area contributed by atoms with Crippen molar-refractivity contribution >= 4 is 26.0 Å². The first kappa shape index (κ1) is 16.7. The van der Waals surface area contributed by atoms with Crippen LogP contribution in [0, 0.1) is 0 Å². The summed E-state index contributed by atoms with van der Waals surface area (Å²) < 4.78 is 64.6. The second kappa shape index (κ2) is 5.86. The summed E-state index contributed by atoms with van der Waals surface area (Å²) >= 11 is 2.79. The van der Waals surface area contributed by atoms with Gasteiger partial charge in [-0.15, -0.1) is 0 Å². The first-order valence-electron chi connectivity index (χ1n) is 6.26. The van der Waals surface area contributed by atoms with E-state index < -0.39 is 21.8 Å². The van der Waals surface area contributed by atoms with Crippen LogP contribution in [0.15, 0.2) is 27.6 Å². The third-order valence-corrected chi connectivity index (χ3v) is 6.08. The summed E-state index contributed by atoms with van der Waals surface area (Å²) in [5, 5.41) is 0. The molecule has 0 spiro atoms. The zero-order valence-electron chi connectivity index (χ0n) is 10.9. The smallest absolute Gasteiger partial charge is 0.329 e. The van der Waals surface area contributed by atoms with Crippen molar-refractivity contribution in [1.82, 2.24) is 4.31 Å². The molecule has 0 amide bonds. The summed E-state index contributed by atoms with van der Waals surface area (Å²) in [7, 11) is -3.97. The average Bonchev–Trinajstić information content (AvgIpc) is 2.86. The van der Waals surface area contributed by atoms with Crippen LogP contribution in [0.3, 0.4) is 0 Å². The number of sulfonamides is 1. The highest BCUT2D eigenvalue weighted by Crippen LogP contribution is 2.37. The van der Waals surface area contributed by atoms with Crippen LogP contribution < -0.4 is 5.73 Å². The topological polar surface area (TPSA) is 63.4 Å². The van der Waals surface area contributed by atoms with Crippen LogP contribution in [0.4, 0.5) is 13.2 Å². The molecule has 1 aliphatic heterocycles. The molecule has 0 saturated carbocycles. The molecule has 2 N–H and O–H groups in total. The molecule has 2 rings (SSSR count). The molecule has 118 valence electrons. The van der Waals surface area contributed by atoms with Crippen LogP contribution in [0.25, 0.3) is 0 Å². The number of nitrogens with two attached hydrogens (primary N) is 1. The first-order chi connectivity index (χ1) is 9.67. The second-order valence-corrected chi connectivity index (χ2v) is 7.53. The van der Waals surface area contributed by atoms with Crippen molar-refractivity contribution < 1.29 is 21.6 Å². The van der Waals surface area contributed by atoms with Crippen molar-refractivity contribution in [3.63, 3.8) is 0 Å². The van der Waals surface area contributed by atoms with Gasteiger partial charge in [0.15, 0.2) is 0 Å². The van der Waals surface area contributed by atoms with E-state index in [2.05, 4.69) is 15.9 Å². The average molecular weight is 387 g/mol. The van der Waals surface area contributed by atoms with Gasteiger partial charge in [0.2, 0.25) is 10.0 Å². The number of nitrogens with zero attached hydrogens (tertiary/aromatic N) is 1. The van der Waals surface area contributed by atoms with Crippen molar-refractivity contribution in [1.29, 1.82) is 0 Å².